The third-order valence-corrected chi connectivity index (χ3v) is 1.29. The molecule has 1 aliphatic rings. The number of nitrogens with one attached hydrogen (secondary N) is 2. The molecule has 0 bridgehead atoms. The fraction of sp³-hybridized carbons (Fsp3) is 0.600. The molecular weight excluding hydrogens is 136 g/mol. The van der Waals surface area contributed by atoms with Crippen molar-refractivity contribution in [1.29, 1.82) is 0 Å². The van der Waals surface area contributed by atoms with Crippen LogP contribution in [0.2, 0.25) is 0 Å². The first-order valence-electron chi connectivity index (χ1n) is 2.90. The number of urea groups is 1. The van der Waals surface area contributed by atoms with Gasteiger partial charge in [0.05, 0.1) is 6.10 Å². The number of carbonyl (C=O) groups excluding carboxylic acids is 2. The number of rotatable bonds is 1. The Morgan fingerprint density at radius 3 is 2.40 bits per heavy atom. The SMILES string of the molecule is CC(O)C1NC(=O)NC1=O. The van der Waals surface area contributed by atoms with Crippen LogP contribution in [0.1, 0.15) is 6.92 Å². The van der Waals surface area contributed by atoms with Gasteiger partial charge in [-0.1, -0.05) is 0 Å². The monoisotopic (exact) mass is 144 g/mol. The van der Waals surface area contributed by atoms with E-state index in [4.69, 9.17) is 5.11 Å². The van der Waals surface area contributed by atoms with Crippen LogP contribution in [-0.2, 0) is 4.79 Å². The maximum atomic E-state index is 10.7. The topological polar surface area (TPSA) is 78.4 Å². The van der Waals surface area contributed by atoms with Gasteiger partial charge in [0.25, 0.3) is 5.91 Å². The lowest BCUT2D eigenvalue weighted by molar-refractivity contribution is -0.122. The molecule has 0 aliphatic carbocycles. The summed E-state index contributed by atoms with van der Waals surface area (Å²) in [6.07, 6.45) is -0.841. The van der Waals surface area contributed by atoms with E-state index in [0.717, 1.165) is 0 Å². The van der Waals surface area contributed by atoms with Gasteiger partial charge in [-0.2, -0.15) is 0 Å². The highest BCUT2D eigenvalue weighted by molar-refractivity contribution is 6.04. The van der Waals surface area contributed by atoms with E-state index in [2.05, 4.69) is 5.32 Å². The third kappa shape index (κ3) is 1.08. The van der Waals surface area contributed by atoms with Crippen molar-refractivity contribution in [1.82, 2.24) is 10.6 Å². The number of aliphatic hydroxyl groups is 1. The van der Waals surface area contributed by atoms with E-state index < -0.39 is 24.1 Å². The molecule has 1 fully saturated rings. The van der Waals surface area contributed by atoms with E-state index in [9.17, 15) is 9.59 Å². The highest BCUT2D eigenvalue weighted by atomic mass is 16.3. The molecule has 2 atom stereocenters. The number of hydrogen-bond acceptors (Lipinski definition) is 3. The van der Waals surface area contributed by atoms with Gasteiger partial charge in [0.1, 0.15) is 6.04 Å². The molecule has 1 aliphatic heterocycles. The zero-order valence-electron chi connectivity index (χ0n) is 5.42. The normalized spacial score (nSPS) is 27.6. The van der Waals surface area contributed by atoms with Crippen molar-refractivity contribution in [2.24, 2.45) is 0 Å². The predicted octanol–water partition coefficient (Wildman–Crippen LogP) is -1.42. The first kappa shape index (κ1) is 7.01. The Labute approximate surface area is 57.4 Å². The van der Waals surface area contributed by atoms with E-state index in [-0.39, 0.29) is 0 Å². The van der Waals surface area contributed by atoms with Gasteiger partial charge in [0, 0.05) is 0 Å². The van der Waals surface area contributed by atoms with Crippen LogP contribution in [0.4, 0.5) is 4.79 Å². The van der Waals surface area contributed by atoms with Crippen molar-refractivity contribution < 1.29 is 14.7 Å². The Bertz CT molecular complexity index is 178. The molecule has 2 unspecified atom stereocenters. The number of hydrogen-bond donors (Lipinski definition) is 3. The zero-order chi connectivity index (χ0) is 7.72. The molecule has 1 heterocycles. The second-order valence-corrected chi connectivity index (χ2v) is 2.18. The van der Waals surface area contributed by atoms with Crippen LogP contribution in [0.5, 0.6) is 0 Å². The summed E-state index contributed by atoms with van der Waals surface area (Å²) in [4.78, 5) is 21.1. The summed E-state index contributed by atoms with van der Waals surface area (Å²) in [5, 5.41) is 13.1. The second-order valence-electron chi connectivity index (χ2n) is 2.18. The molecule has 3 amide bonds. The molecular formula is C5H8N2O3. The van der Waals surface area contributed by atoms with Gasteiger partial charge in [-0.15, -0.1) is 0 Å². The fourth-order valence-electron chi connectivity index (χ4n) is 0.772. The minimum Gasteiger partial charge on any atom is -0.391 e. The Kier molecular flexibility index (Phi) is 1.58. The first-order chi connectivity index (χ1) is 4.61. The fourth-order valence-corrected chi connectivity index (χ4v) is 0.772. The van der Waals surface area contributed by atoms with E-state index in [1.54, 1.807) is 0 Å². The number of amides is 3. The average Bonchev–Trinajstić information content (AvgIpc) is 2.10. The van der Waals surface area contributed by atoms with E-state index >= 15 is 0 Å². The Hall–Kier alpha value is -1.10. The molecule has 0 aromatic heterocycles. The van der Waals surface area contributed by atoms with Gasteiger partial charge in [-0.25, -0.2) is 4.79 Å². The summed E-state index contributed by atoms with van der Waals surface area (Å²) in [7, 11) is 0. The number of imide groups is 1. The molecule has 0 aromatic rings. The average molecular weight is 144 g/mol. The maximum Gasteiger partial charge on any atom is 0.322 e. The molecule has 3 N–H and O–H groups in total. The highest BCUT2D eigenvalue weighted by Gasteiger charge is 2.32. The summed E-state index contributed by atoms with van der Waals surface area (Å²) >= 11 is 0. The Balaban J connectivity index is 2.63. The standard InChI is InChI=1S/C5H8N2O3/c1-2(8)3-4(9)7-5(10)6-3/h2-3,8H,1H3,(H2,6,7,9,10). The minimum atomic E-state index is -0.841. The molecule has 0 saturated carbocycles. The van der Waals surface area contributed by atoms with Gasteiger partial charge in [0.2, 0.25) is 0 Å². The van der Waals surface area contributed by atoms with Crippen molar-refractivity contribution in [2.75, 3.05) is 0 Å². The van der Waals surface area contributed by atoms with Crippen LogP contribution in [0.3, 0.4) is 0 Å². The second kappa shape index (κ2) is 2.26. The van der Waals surface area contributed by atoms with E-state index in [1.165, 1.54) is 6.92 Å². The smallest absolute Gasteiger partial charge is 0.322 e. The van der Waals surface area contributed by atoms with Crippen LogP contribution >= 0.6 is 0 Å². The lowest BCUT2D eigenvalue weighted by Crippen LogP contribution is -2.38. The van der Waals surface area contributed by atoms with Crippen LogP contribution in [0, 0.1) is 0 Å². The minimum absolute atomic E-state index is 0.472. The van der Waals surface area contributed by atoms with E-state index in [1.807, 2.05) is 5.32 Å². The molecule has 1 saturated heterocycles. The summed E-state index contributed by atoms with van der Waals surface area (Å²) in [6, 6.07) is -1.33. The quantitative estimate of drug-likeness (QED) is 0.395. The summed E-state index contributed by atoms with van der Waals surface area (Å²) in [5.74, 6) is -0.472. The highest BCUT2D eigenvalue weighted by Crippen LogP contribution is 1.97. The molecule has 0 aromatic carbocycles. The third-order valence-electron chi connectivity index (χ3n) is 1.29. The summed E-state index contributed by atoms with van der Waals surface area (Å²) in [5.41, 5.74) is 0. The molecule has 5 nitrogen and oxygen atoms in total. The van der Waals surface area contributed by atoms with Crippen LogP contribution in [-0.4, -0.2) is 29.2 Å². The van der Waals surface area contributed by atoms with Crippen molar-refractivity contribution in [3.63, 3.8) is 0 Å². The maximum absolute atomic E-state index is 10.7. The van der Waals surface area contributed by atoms with Crippen molar-refractivity contribution in [3.05, 3.63) is 0 Å². The molecule has 0 radical (unpaired) electrons. The van der Waals surface area contributed by atoms with Gasteiger partial charge in [0.15, 0.2) is 0 Å². The Morgan fingerprint density at radius 1 is 1.60 bits per heavy atom. The molecule has 0 spiro atoms. The molecule has 56 valence electrons. The van der Waals surface area contributed by atoms with Gasteiger partial charge in [-0.05, 0) is 6.92 Å². The largest absolute Gasteiger partial charge is 0.391 e. The lowest BCUT2D eigenvalue weighted by Gasteiger charge is -2.08. The van der Waals surface area contributed by atoms with Gasteiger partial charge >= 0.3 is 6.03 Å². The predicted molar refractivity (Wildman–Crippen MR) is 32.1 cm³/mol. The molecule has 1 rings (SSSR count). The van der Waals surface area contributed by atoms with Crippen LogP contribution in [0.25, 0.3) is 0 Å². The first-order valence-corrected chi connectivity index (χ1v) is 2.90. The summed E-state index contributed by atoms with van der Waals surface area (Å²) < 4.78 is 0. The molecule has 10 heavy (non-hydrogen) atoms. The van der Waals surface area contributed by atoms with Gasteiger partial charge in [-0.3, -0.25) is 10.1 Å². The number of aliphatic hydroxyl groups excluding tert-OH is 1. The van der Waals surface area contributed by atoms with Gasteiger partial charge < -0.3 is 10.4 Å². The lowest BCUT2D eigenvalue weighted by atomic mass is 10.2. The zero-order valence-corrected chi connectivity index (χ0v) is 5.42. The van der Waals surface area contributed by atoms with E-state index in [0.29, 0.717) is 0 Å². The van der Waals surface area contributed by atoms with Crippen LogP contribution < -0.4 is 10.6 Å². The summed E-state index contributed by atoms with van der Waals surface area (Å²) in [6.45, 7) is 1.44. The number of carbonyl (C=O) groups is 2. The van der Waals surface area contributed by atoms with Crippen LogP contribution in [0.15, 0.2) is 0 Å². The van der Waals surface area contributed by atoms with Crippen molar-refractivity contribution >= 4 is 11.9 Å². The van der Waals surface area contributed by atoms with Crippen molar-refractivity contribution in [2.45, 2.75) is 19.1 Å². The Morgan fingerprint density at radius 2 is 2.20 bits per heavy atom. The van der Waals surface area contributed by atoms with Crippen molar-refractivity contribution in [3.8, 4) is 0 Å². The molecule has 5 heteroatoms.